The molecule has 0 atom stereocenters. The number of ether oxygens (including phenoxy) is 2. The van der Waals surface area contributed by atoms with E-state index >= 15 is 0 Å². The van der Waals surface area contributed by atoms with Crippen LogP contribution in [0.2, 0.25) is 0 Å². The molecule has 5 heteroatoms. The maximum absolute atomic E-state index is 9.36. The van der Waals surface area contributed by atoms with Crippen LogP contribution in [0.4, 0.5) is 0 Å². The summed E-state index contributed by atoms with van der Waals surface area (Å²) in [5.41, 5.74) is 2.33. The number of aryl methyl sites for hydroxylation is 1. The minimum absolute atomic E-state index is 0.0465. The molecule has 0 aliphatic rings. The molecule has 0 spiro atoms. The van der Waals surface area contributed by atoms with Crippen LogP contribution >= 0.6 is 11.3 Å². The molecular formula is C17H18N2O2S. The van der Waals surface area contributed by atoms with E-state index in [-0.39, 0.29) is 6.10 Å². The number of rotatable bonds is 5. The smallest absolute Gasteiger partial charge is 0.162 e. The molecule has 0 aliphatic carbocycles. The Morgan fingerprint density at radius 1 is 1.36 bits per heavy atom. The molecule has 0 saturated carbocycles. The van der Waals surface area contributed by atoms with Crippen molar-refractivity contribution in [2.75, 3.05) is 7.11 Å². The van der Waals surface area contributed by atoms with E-state index in [1.807, 2.05) is 50.4 Å². The zero-order chi connectivity index (χ0) is 16.1. The molecule has 0 saturated heterocycles. The van der Waals surface area contributed by atoms with E-state index < -0.39 is 0 Å². The summed E-state index contributed by atoms with van der Waals surface area (Å²) in [5, 5.41) is 12.0. The molecule has 1 aromatic carbocycles. The number of nitrogens with zero attached hydrogens (tertiary/aromatic N) is 2. The summed E-state index contributed by atoms with van der Waals surface area (Å²) in [6.45, 7) is 5.83. The van der Waals surface area contributed by atoms with Gasteiger partial charge in [-0.1, -0.05) is 6.07 Å². The second-order valence-electron chi connectivity index (χ2n) is 5.04. The van der Waals surface area contributed by atoms with E-state index in [0.717, 1.165) is 16.3 Å². The first-order valence-corrected chi connectivity index (χ1v) is 7.80. The van der Waals surface area contributed by atoms with Gasteiger partial charge in [-0.05, 0) is 44.5 Å². The predicted octanol–water partition coefficient (Wildman–Crippen LogP) is 4.31. The van der Waals surface area contributed by atoms with Gasteiger partial charge in [-0.15, -0.1) is 11.3 Å². The van der Waals surface area contributed by atoms with Gasteiger partial charge in [-0.2, -0.15) is 5.26 Å². The van der Waals surface area contributed by atoms with Crippen molar-refractivity contribution in [1.29, 1.82) is 5.26 Å². The van der Waals surface area contributed by atoms with Gasteiger partial charge in [0.25, 0.3) is 0 Å². The van der Waals surface area contributed by atoms with Crippen LogP contribution in [0.5, 0.6) is 11.5 Å². The Bertz CT molecular complexity index is 727. The van der Waals surface area contributed by atoms with Crippen molar-refractivity contribution >= 4 is 23.0 Å². The predicted molar refractivity (Wildman–Crippen MR) is 89.1 cm³/mol. The van der Waals surface area contributed by atoms with Crippen molar-refractivity contribution < 1.29 is 9.47 Å². The number of aromatic nitrogens is 1. The van der Waals surface area contributed by atoms with Crippen LogP contribution in [0.25, 0.3) is 11.6 Å². The van der Waals surface area contributed by atoms with Gasteiger partial charge in [0.1, 0.15) is 11.1 Å². The van der Waals surface area contributed by atoms with E-state index in [1.165, 1.54) is 11.3 Å². The van der Waals surface area contributed by atoms with Crippen LogP contribution in [-0.4, -0.2) is 18.2 Å². The molecule has 0 radical (unpaired) electrons. The van der Waals surface area contributed by atoms with Gasteiger partial charge in [0.05, 0.1) is 18.8 Å². The van der Waals surface area contributed by atoms with Crippen molar-refractivity contribution in [2.45, 2.75) is 26.9 Å². The monoisotopic (exact) mass is 314 g/mol. The van der Waals surface area contributed by atoms with E-state index in [2.05, 4.69) is 11.1 Å². The average molecular weight is 314 g/mol. The minimum atomic E-state index is 0.0465. The standard InChI is InChI=1S/C17H18N2O2S/c1-11(2)21-16-8-13(5-6-15(16)20-4)7-14(9-18)17-19-12(3)10-22-17/h5-8,10-11H,1-4H3/b14-7-. The lowest BCUT2D eigenvalue weighted by Gasteiger charge is -2.14. The Kier molecular flexibility index (Phi) is 5.18. The summed E-state index contributed by atoms with van der Waals surface area (Å²) in [6, 6.07) is 7.81. The van der Waals surface area contributed by atoms with E-state index in [0.29, 0.717) is 17.1 Å². The molecule has 0 amide bonds. The molecule has 0 N–H and O–H groups in total. The number of allylic oxidation sites excluding steroid dienone is 1. The van der Waals surface area contributed by atoms with E-state index in [4.69, 9.17) is 9.47 Å². The fourth-order valence-electron chi connectivity index (χ4n) is 1.92. The lowest BCUT2D eigenvalue weighted by Crippen LogP contribution is -2.06. The van der Waals surface area contributed by atoms with Gasteiger partial charge in [0.15, 0.2) is 11.5 Å². The zero-order valence-electron chi connectivity index (χ0n) is 13.1. The summed E-state index contributed by atoms with van der Waals surface area (Å²) < 4.78 is 11.1. The Hall–Kier alpha value is -2.32. The molecule has 0 unspecified atom stereocenters. The third kappa shape index (κ3) is 3.86. The number of hydrogen-bond acceptors (Lipinski definition) is 5. The Labute approximate surface area is 134 Å². The van der Waals surface area contributed by atoms with Gasteiger partial charge < -0.3 is 9.47 Å². The first kappa shape index (κ1) is 16.1. The highest BCUT2D eigenvalue weighted by Gasteiger charge is 2.09. The third-order valence-corrected chi connectivity index (χ3v) is 3.82. The van der Waals surface area contributed by atoms with Crippen molar-refractivity contribution in [1.82, 2.24) is 4.98 Å². The highest BCUT2D eigenvalue weighted by Crippen LogP contribution is 2.31. The Morgan fingerprint density at radius 2 is 2.14 bits per heavy atom. The van der Waals surface area contributed by atoms with E-state index in [9.17, 15) is 5.26 Å². The SMILES string of the molecule is COc1ccc(/C=C(/C#N)c2nc(C)cs2)cc1OC(C)C. The second kappa shape index (κ2) is 7.10. The molecule has 2 aromatic rings. The maximum atomic E-state index is 9.36. The summed E-state index contributed by atoms with van der Waals surface area (Å²) >= 11 is 1.47. The second-order valence-corrected chi connectivity index (χ2v) is 5.90. The molecule has 0 fully saturated rings. The van der Waals surface area contributed by atoms with Gasteiger partial charge in [-0.3, -0.25) is 0 Å². The van der Waals surface area contributed by atoms with Crippen molar-refractivity contribution in [2.24, 2.45) is 0 Å². The van der Waals surface area contributed by atoms with Crippen LogP contribution in [0.15, 0.2) is 23.6 Å². The van der Waals surface area contributed by atoms with Crippen LogP contribution < -0.4 is 9.47 Å². The molecule has 1 heterocycles. The topological polar surface area (TPSA) is 55.1 Å². The largest absolute Gasteiger partial charge is 0.493 e. The molecule has 0 bridgehead atoms. The lowest BCUT2D eigenvalue weighted by molar-refractivity contribution is 0.230. The first-order valence-electron chi connectivity index (χ1n) is 6.92. The molecule has 0 aliphatic heterocycles. The summed E-state index contributed by atoms with van der Waals surface area (Å²) in [5.74, 6) is 1.34. The summed E-state index contributed by atoms with van der Waals surface area (Å²) in [6.07, 6.45) is 1.86. The van der Waals surface area contributed by atoms with Crippen LogP contribution in [-0.2, 0) is 0 Å². The Balaban J connectivity index is 2.39. The van der Waals surface area contributed by atoms with Gasteiger partial charge in [-0.25, -0.2) is 4.98 Å². The fourth-order valence-corrected chi connectivity index (χ4v) is 2.68. The normalized spacial score (nSPS) is 11.4. The lowest BCUT2D eigenvalue weighted by atomic mass is 10.1. The minimum Gasteiger partial charge on any atom is -0.493 e. The Morgan fingerprint density at radius 3 is 2.68 bits per heavy atom. The maximum Gasteiger partial charge on any atom is 0.162 e. The average Bonchev–Trinajstić information content (AvgIpc) is 2.91. The molecule has 2 rings (SSSR count). The summed E-state index contributed by atoms with van der Waals surface area (Å²) in [7, 11) is 1.61. The molecule has 22 heavy (non-hydrogen) atoms. The molecule has 4 nitrogen and oxygen atoms in total. The zero-order valence-corrected chi connectivity index (χ0v) is 13.9. The summed E-state index contributed by atoms with van der Waals surface area (Å²) in [4.78, 5) is 4.35. The van der Waals surface area contributed by atoms with Crippen molar-refractivity contribution in [3.63, 3.8) is 0 Å². The van der Waals surface area contributed by atoms with Crippen molar-refractivity contribution in [3.8, 4) is 17.6 Å². The van der Waals surface area contributed by atoms with Gasteiger partial charge in [0.2, 0.25) is 0 Å². The highest BCUT2D eigenvalue weighted by atomic mass is 32.1. The van der Waals surface area contributed by atoms with Crippen LogP contribution in [0.1, 0.15) is 30.1 Å². The number of benzene rings is 1. The fraction of sp³-hybridized carbons (Fsp3) is 0.294. The van der Waals surface area contributed by atoms with Crippen molar-refractivity contribution in [3.05, 3.63) is 39.8 Å². The van der Waals surface area contributed by atoms with Gasteiger partial charge in [0, 0.05) is 11.1 Å². The number of hydrogen-bond donors (Lipinski definition) is 0. The highest BCUT2D eigenvalue weighted by molar-refractivity contribution is 7.11. The molecular weight excluding hydrogens is 296 g/mol. The first-order chi connectivity index (χ1) is 10.5. The van der Waals surface area contributed by atoms with Gasteiger partial charge >= 0.3 is 0 Å². The van der Waals surface area contributed by atoms with Crippen LogP contribution in [0, 0.1) is 18.3 Å². The molecule has 1 aromatic heterocycles. The van der Waals surface area contributed by atoms with Crippen LogP contribution in [0.3, 0.4) is 0 Å². The number of thiazole rings is 1. The third-order valence-electron chi connectivity index (χ3n) is 2.83. The molecule has 114 valence electrons. The quantitative estimate of drug-likeness (QED) is 0.772. The van der Waals surface area contributed by atoms with E-state index in [1.54, 1.807) is 7.11 Å². The number of nitriles is 1. The number of methoxy groups -OCH3 is 1.